The number of carbonyl (C=O) groups is 2. The van der Waals surface area contributed by atoms with Crippen molar-refractivity contribution >= 4 is 11.9 Å². The van der Waals surface area contributed by atoms with Gasteiger partial charge < -0.3 is 24.8 Å². The normalized spacial score (nSPS) is 23.5. The molecule has 7 nitrogen and oxygen atoms in total. The van der Waals surface area contributed by atoms with Crippen molar-refractivity contribution in [3.63, 3.8) is 0 Å². The van der Waals surface area contributed by atoms with Crippen molar-refractivity contribution in [2.24, 2.45) is 17.8 Å². The fourth-order valence-electron chi connectivity index (χ4n) is 6.02. The van der Waals surface area contributed by atoms with Crippen LogP contribution in [0, 0.1) is 17.8 Å². The molecule has 1 aromatic carbocycles. The van der Waals surface area contributed by atoms with Crippen LogP contribution in [0.15, 0.2) is 18.2 Å². The average Bonchev–Trinajstić information content (AvgIpc) is 3.15. The maximum atomic E-state index is 12.1. The zero-order chi connectivity index (χ0) is 25.9. The average molecular weight is 505 g/mol. The molecule has 0 saturated heterocycles. The van der Waals surface area contributed by atoms with Crippen molar-refractivity contribution in [1.29, 1.82) is 0 Å². The van der Waals surface area contributed by atoms with E-state index >= 15 is 0 Å². The van der Waals surface area contributed by atoms with Crippen LogP contribution in [-0.4, -0.2) is 52.7 Å². The highest BCUT2D eigenvalue weighted by molar-refractivity contribution is 5.71. The number of benzene rings is 1. The van der Waals surface area contributed by atoms with Gasteiger partial charge in [0.25, 0.3) is 0 Å². The fourth-order valence-corrected chi connectivity index (χ4v) is 6.02. The van der Waals surface area contributed by atoms with Crippen LogP contribution in [0.2, 0.25) is 0 Å². The fraction of sp³-hybridized carbons (Fsp3) is 0.724. The Morgan fingerprint density at radius 1 is 1.08 bits per heavy atom. The van der Waals surface area contributed by atoms with Gasteiger partial charge in [-0.05, 0) is 92.7 Å². The Morgan fingerprint density at radius 3 is 2.69 bits per heavy atom. The molecule has 3 rings (SSSR count). The Kier molecular flexibility index (Phi) is 11.5. The van der Waals surface area contributed by atoms with Crippen molar-refractivity contribution in [1.82, 2.24) is 0 Å². The van der Waals surface area contributed by atoms with E-state index in [4.69, 9.17) is 14.6 Å². The summed E-state index contributed by atoms with van der Waals surface area (Å²) in [7, 11) is 0. The molecule has 0 radical (unpaired) electrons. The number of hydrogen-bond donors (Lipinski definition) is 3. The number of esters is 1. The van der Waals surface area contributed by atoms with Gasteiger partial charge in [0.05, 0.1) is 18.8 Å². The van der Waals surface area contributed by atoms with Gasteiger partial charge in [-0.3, -0.25) is 4.79 Å². The number of fused-ring (bicyclic) bond motifs is 2. The quantitative estimate of drug-likeness (QED) is 0.221. The smallest absolute Gasteiger partial charge is 0.344 e. The number of carbonyl (C=O) groups excluding carboxylic acids is 1. The number of aliphatic hydroxyl groups is 2. The van der Waals surface area contributed by atoms with Crippen molar-refractivity contribution in [2.75, 3.05) is 13.2 Å². The topological polar surface area (TPSA) is 113 Å². The van der Waals surface area contributed by atoms with E-state index in [2.05, 4.69) is 13.0 Å². The molecule has 1 aromatic rings. The van der Waals surface area contributed by atoms with Crippen LogP contribution in [0.5, 0.6) is 5.75 Å². The SMILES string of the molecule is CCCCC[C@H](O)CC[C@@H]1[C@H]2Cc3cccc(OCC(=O)OCCCCCC(=O)O)c3C[C@H]2C[C@H]1O. The zero-order valence-electron chi connectivity index (χ0n) is 21.7. The molecular formula is C29H44O7. The van der Waals surface area contributed by atoms with Gasteiger partial charge in [0.2, 0.25) is 0 Å². The molecule has 0 spiro atoms. The summed E-state index contributed by atoms with van der Waals surface area (Å²) >= 11 is 0. The minimum atomic E-state index is -0.808. The minimum Gasteiger partial charge on any atom is -0.482 e. The second kappa shape index (κ2) is 14.6. The largest absolute Gasteiger partial charge is 0.482 e. The Hall–Kier alpha value is -2.12. The molecule has 0 aromatic heterocycles. The maximum absolute atomic E-state index is 12.1. The zero-order valence-corrected chi connectivity index (χ0v) is 21.7. The summed E-state index contributed by atoms with van der Waals surface area (Å²) in [5, 5.41) is 29.9. The second-order valence-electron chi connectivity index (χ2n) is 10.6. The first kappa shape index (κ1) is 28.5. The van der Waals surface area contributed by atoms with Gasteiger partial charge in [-0.2, -0.15) is 0 Å². The third kappa shape index (κ3) is 8.48. The molecular weight excluding hydrogens is 460 g/mol. The van der Waals surface area contributed by atoms with Crippen molar-refractivity contribution in [2.45, 2.75) is 103 Å². The molecule has 2 aliphatic carbocycles. The first-order valence-electron chi connectivity index (χ1n) is 13.9. The summed E-state index contributed by atoms with van der Waals surface area (Å²) in [5.74, 6) is 0.507. The summed E-state index contributed by atoms with van der Waals surface area (Å²) in [5.41, 5.74) is 2.36. The Morgan fingerprint density at radius 2 is 1.92 bits per heavy atom. The van der Waals surface area contributed by atoms with Crippen molar-refractivity contribution in [3.8, 4) is 5.75 Å². The third-order valence-electron chi connectivity index (χ3n) is 7.96. The number of ether oxygens (including phenoxy) is 2. The van der Waals surface area contributed by atoms with Gasteiger partial charge in [0.1, 0.15) is 5.75 Å². The standard InChI is InChI=1S/C29H44O7/c1-2-3-5-10-22(30)13-14-23-24-16-20-9-8-11-27(25(20)17-21(24)18-26(23)31)36-19-29(34)35-15-7-4-6-12-28(32)33/h8-9,11,21-24,26,30-31H,2-7,10,12-19H2,1H3,(H,32,33)/t21-,22-,23+,24-,26+/m0/s1. The van der Waals surface area contributed by atoms with Gasteiger partial charge in [0, 0.05) is 6.42 Å². The number of aliphatic hydroxyl groups excluding tert-OH is 2. The van der Waals surface area contributed by atoms with Crippen molar-refractivity contribution < 1.29 is 34.4 Å². The lowest BCUT2D eigenvalue weighted by atomic mass is 9.73. The molecule has 0 amide bonds. The Bertz CT molecular complexity index is 839. The number of unbranched alkanes of at least 4 members (excludes halogenated alkanes) is 4. The van der Waals surface area contributed by atoms with E-state index in [0.29, 0.717) is 36.8 Å². The number of carboxylic acids is 1. The van der Waals surface area contributed by atoms with Gasteiger partial charge in [-0.15, -0.1) is 0 Å². The highest BCUT2D eigenvalue weighted by atomic mass is 16.6. The Balaban J connectivity index is 1.47. The van der Waals surface area contributed by atoms with E-state index in [1.165, 1.54) is 5.56 Å². The molecule has 7 heteroatoms. The van der Waals surface area contributed by atoms with Crippen LogP contribution in [0.3, 0.4) is 0 Å². The van der Waals surface area contributed by atoms with E-state index in [-0.39, 0.29) is 37.8 Å². The lowest BCUT2D eigenvalue weighted by Crippen LogP contribution is -2.28. The molecule has 1 saturated carbocycles. The predicted octanol–water partition coefficient (Wildman–Crippen LogP) is 4.69. The molecule has 1 fully saturated rings. The van der Waals surface area contributed by atoms with Gasteiger partial charge in [-0.1, -0.05) is 38.3 Å². The molecule has 0 heterocycles. The van der Waals surface area contributed by atoms with E-state index in [1.54, 1.807) is 0 Å². The van der Waals surface area contributed by atoms with Crippen LogP contribution in [0.25, 0.3) is 0 Å². The number of rotatable bonds is 16. The van der Waals surface area contributed by atoms with Crippen LogP contribution in [-0.2, 0) is 27.2 Å². The minimum absolute atomic E-state index is 0.136. The summed E-state index contributed by atoms with van der Waals surface area (Å²) < 4.78 is 11.1. The molecule has 3 N–H and O–H groups in total. The molecule has 0 bridgehead atoms. The van der Waals surface area contributed by atoms with E-state index in [0.717, 1.165) is 63.4 Å². The first-order chi connectivity index (χ1) is 17.4. The molecule has 5 atom stereocenters. The number of aliphatic carboxylic acids is 1. The lowest BCUT2D eigenvalue weighted by Gasteiger charge is -2.32. The highest BCUT2D eigenvalue weighted by Gasteiger charge is 2.44. The van der Waals surface area contributed by atoms with Crippen LogP contribution < -0.4 is 4.74 Å². The van der Waals surface area contributed by atoms with Gasteiger partial charge >= 0.3 is 11.9 Å². The van der Waals surface area contributed by atoms with Gasteiger partial charge in [-0.25, -0.2) is 4.79 Å². The van der Waals surface area contributed by atoms with Crippen molar-refractivity contribution in [3.05, 3.63) is 29.3 Å². The van der Waals surface area contributed by atoms with E-state index in [1.807, 2.05) is 12.1 Å². The number of carboxylic acid groups (broad SMARTS) is 1. The third-order valence-corrected chi connectivity index (χ3v) is 7.96. The van der Waals surface area contributed by atoms with Gasteiger partial charge in [0.15, 0.2) is 6.61 Å². The molecule has 0 unspecified atom stereocenters. The summed E-state index contributed by atoms with van der Waals surface area (Å²) in [6, 6.07) is 5.98. The van der Waals surface area contributed by atoms with E-state index in [9.17, 15) is 19.8 Å². The number of hydrogen-bond acceptors (Lipinski definition) is 6. The van der Waals surface area contributed by atoms with Crippen LogP contribution >= 0.6 is 0 Å². The molecule has 0 aliphatic heterocycles. The lowest BCUT2D eigenvalue weighted by molar-refractivity contribution is -0.146. The van der Waals surface area contributed by atoms with E-state index < -0.39 is 11.9 Å². The molecule has 2 aliphatic rings. The second-order valence-corrected chi connectivity index (χ2v) is 10.6. The molecule has 202 valence electrons. The predicted molar refractivity (Wildman–Crippen MR) is 137 cm³/mol. The summed E-state index contributed by atoms with van der Waals surface area (Å²) in [6.07, 6.45) is 9.81. The summed E-state index contributed by atoms with van der Waals surface area (Å²) in [6.45, 7) is 2.28. The first-order valence-corrected chi connectivity index (χ1v) is 13.9. The molecule has 36 heavy (non-hydrogen) atoms. The highest BCUT2D eigenvalue weighted by Crippen LogP contribution is 2.48. The van der Waals surface area contributed by atoms with Crippen LogP contribution in [0.1, 0.15) is 88.7 Å². The summed E-state index contributed by atoms with van der Waals surface area (Å²) in [4.78, 5) is 22.6. The van der Waals surface area contributed by atoms with Crippen LogP contribution in [0.4, 0.5) is 0 Å². The Labute approximate surface area is 215 Å². The maximum Gasteiger partial charge on any atom is 0.344 e. The monoisotopic (exact) mass is 504 g/mol.